The quantitative estimate of drug-likeness (QED) is 0.827. The summed E-state index contributed by atoms with van der Waals surface area (Å²) >= 11 is 1.54. The zero-order chi connectivity index (χ0) is 12.1. The van der Waals surface area contributed by atoms with Gasteiger partial charge in [0.15, 0.2) is 0 Å². The molecule has 0 amide bonds. The Morgan fingerprint density at radius 2 is 2.24 bits per heavy atom. The fourth-order valence-corrected chi connectivity index (χ4v) is 2.71. The van der Waals surface area contributed by atoms with Gasteiger partial charge in [-0.2, -0.15) is 4.37 Å². The molecule has 1 aromatic heterocycles. The number of hydrogen-bond acceptors (Lipinski definition) is 4. The molecule has 2 rings (SSSR count). The molecular formula is C13H19N3S. The first-order valence-electron chi connectivity index (χ1n) is 6.13. The maximum atomic E-state index is 5.61. The summed E-state index contributed by atoms with van der Waals surface area (Å²) in [6.07, 6.45) is 2.25. The number of nitrogens with one attached hydrogen (secondary N) is 1. The number of benzene rings is 1. The first kappa shape index (κ1) is 12.3. The summed E-state index contributed by atoms with van der Waals surface area (Å²) in [5.74, 6) is 0.654. The van der Waals surface area contributed by atoms with Gasteiger partial charge in [0.25, 0.3) is 0 Å². The lowest BCUT2D eigenvalue weighted by atomic mass is 10.0. The van der Waals surface area contributed by atoms with Crippen molar-refractivity contribution in [1.29, 1.82) is 0 Å². The number of nitrogens with two attached hydrogens (primary N) is 1. The first-order valence-corrected chi connectivity index (χ1v) is 6.90. The van der Waals surface area contributed by atoms with Crippen molar-refractivity contribution < 1.29 is 0 Å². The molecule has 1 aromatic carbocycles. The molecular weight excluding hydrogens is 230 g/mol. The van der Waals surface area contributed by atoms with Gasteiger partial charge >= 0.3 is 0 Å². The summed E-state index contributed by atoms with van der Waals surface area (Å²) in [5.41, 5.74) is 6.68. The van der Waals surface area contributed by atoms with Gasteiger partial charge in [0.1, 0.15) is 5.00 Å². The van der Waals surface area contributed by atoms with Crippen molar-refractivity contribution >= 4 is 27.4 Å². The molecule has 1 unspecified atom stereocenters. The third-order valence-electron chi connectivity index (χ3n) is 3.09. The second-order valence-corrected chi connectivity index (χ2v) is 5.03. The largest absolute Gasteiger partial charge is 0.375 e. The first-order chi connectivity index (χ1) is 8.35. The minimum atomic E-state index is 0.654. The van der Waals surface area contributed by atoms with E-state index in [-0.39, 0.29) is 0 Å². The van der Waals surface area contributed by atoms with Crippen molar-refractivity contribution in [1.82, 2.24) is 4.37 Å². The molecule has 3 N–H and O–H groups in total. The van der Waals surface area contributed by atoms with Gasteiger partial charge in [-0.05, 0) is 42.5 Å². The average molecular weight is 249 g/mol. The van der Waals surface area contributed by atoms with Gasteiger partial charge in [-0.25, -0.2) is 0 Å². The van der Waals surface area contributed by atoms with Crippen LogP contribution in [-0.4, -0.2) is 17.5 Å². The van der Waals surface area contributed by atoms with Gasteiger partial charge in [0.05, 0.1) is 5.52 Å². The molecule has 3 nitrogen and oxygen atoms in total. The van der Waals surface area contributed by atoms with Gasteiger partial charge in [-0.1, -0.05) is 25.5 Å². The van der Waals surface area contributed by atoms with E-state index in [2.05, 4.69) is 28.7 Å². The Morgan fingerprint density at radius 1 is 1.41 bits per heavy atom. The Bertz CT molecular complexity index is 466. The van der Waals surface area contributed by atoms with Crippen LogP contribution in [0.3, 0.4) is 0 Å². The molecule has 0 bridgehead atoms. The van der Waals surface area contributed by atoms with E-state index in [0.29, 0.717) is 5.92 Å². The topological polar surface area (TPSA) is 50.9 Å². The summed E-state index contributed by atoms with van der Waals surface area (Å²) in [6.45, 7) is 3.97. The second kappa shape index (κ2) is 5.98. The van der Waals surface area contributed by atoms with Crippen LogP contribution in [0.1, 0.15) is 19.8 Å². The molecule has 1 heterocycles. The fraction of sp³-hybridized carbons (Fsp3) is 0.462. The number of nitrogens with zero attached hydrogens (tertiary/aromatic N) is 1. The van der Waals surface area contributed by atoms with Crippen molar-refractivity contribution in [2.45, 2.75) is 19.8 Å². The average Bonchev–Trinajstić information content (AvgIpc) is 2.78. The molecule has 0 radical (unpaired) electrons. The highest BCUT2D eigenvalue weighted by molar-refractivity contribution is 7.11. The number of fused-ring (bicyclic) bond motifs is 1. The van der Waals surface area contributed by atoms with Crippen LogP contribution >= 0.6 is 11.5 Å². The highest BCUT2D eigenvalue weighted by Gasteiger charge is 2.08. The molecule has 0 aliphatic carbocycles. The molecule has 92 valence electrons. The molecule has 1 atom stereocenters. The molecule has 0 fully saturated rings. The summed E-state index contributed by atoms with van der Waals surface area (Å²) in [7, 11) is 0. The third kappa shape index (κ3) is 2.96. The van der Waals surface area contributed by atoms with Gasteiger partial charge in [-0.15, -0.1) is 0 Å². The van der Waals surface area contributed by atoms with Crippen molar-refractivity contribution in [3.05, 3.63) is 24.3 Å². The number of hydrogen-bond donors (Lipinski definition) is 2. The molecule has 0 saturated carbocycles. The Morgan fingerprint density at radius 3 is 3.00 bits per heavy atom. The lowest BCUT2D eigenvalue weighted by Gasteiger charge is -2.14. The second-order valence-electron chi connectivity index (χ2n) is 4.26. The number of anilines is 1. The zero-order valence-electron chi connectivity index (χ0n) is 10.1. The molecule has 0 aliphatic heterocycles. The van der Waals surface area contributed by atoms with Crippen LogP contribution < -0.4 is 11.1 Å². The van der Waals surface area contributed by atoms with Crippen LogP contribution in [0, 0.1) is 5.92 Å². The predicted molar refractivity (Wildman–Crippen MR) is 75.6 cm³/mol. The van der Waals surface area contributed by atoms with E-state index in [4.69, 9.17) is 5.73 Å². The molecule has 4 heteroatoms. The normalized spacial score (nSPS) is 12.8. The predicted octanol–water partition coefficient (Wildman–Crippen LogP) is 3.08. The Kier molecular flexibility index (Phi) is 4.34. The van der Waals surface area contributed by atoms with E-state index in [1.54, 1.807) is 11.5 Å². The SMILES string of the molecule is CCC(CCN)CNc1snc2ccccc12. The fourth-order valence-electron chi connectivity index (χ4n) is 1.94. The van der Waals surface area contributed by atoms with E-state index in [1.807, 2.05) is 12.1 Å². The maximum Gasteiger partial charge on any atom is 0.117 e. The van der Waals surface area contributed by atoms with Crippen molar-refractivity contribution in [3.63, 3.8) is 0 Å². The van der Waals surface area contributed by atoms with Gasteiger partial charge < -0.3 is 11.1 Å². The lowest BCUT2D eigenvalue weighted by Crippen LogP contribution is -2.16. The minimum Gasteiger partial charge on any atom is -0.375 e. The van der Waals surface area contributed by atoms with Crippen LogP contribution in [-0.2, 0) is 0 Å². The smallest absolute Gasteiger partial charge is 0.117 e. The van der Waals surface area contributed by atoms with E-state index in [1.165, 1.54) is 16.8 Å². The Hall–Kier alpha value is -1.13. The van der Waals surface area contributed by atoms with Gasteiger partial charge in [0, 0.05) is 11.9 Å². The van der Waals surface area contributed by atoms with Gasteiger partial charge in [0.2, 0.25) is 0 Å². The third-order valence-corrected chi connectivity index (χ3v) is 3.92. The highest BCUT2D eigenvalue weighted by Crippen LogP contribution is 2.27. The molecule has 0 aliphatic rings. The van der Waals surface area contributed by atoms with E-state index in [9.17, 15) is 0 Å². The Labute approximate surface area is 106 Å². The maximum absolute atomic E-state index is 5.61. The standard InChI is InChI=1S/C13H19N3S/c1-2-10(7-8-14)9-15-13-11-5-3-4-6-12(11)16-17-13/h3-6,10,15H,2,7-9,14H2,1H3. The van der Waals surface area contributed by atoms with Crippen molar-refractivity contribution in [2.24, 2.45) is 11.7 Å². The van der Waals surface area contributed by atoms with Crippen molar-refractivity contribution in [3.8, 4) is 0 Å². The van der Waals surface area contributed by atoms with E-state index < -0.39 is 0 Å². The molecule has 0 saturated heterocycles. The monoisotopic (exact) mass is 249 g/mol. The Balaban J connectivity index is 2.03. The molecule has 0 spiro atoms. The van der Waals surface area contributed by atoms with Crippen LogP contribution in [0.5, 0.6) is 0 Å². The number of aromatic nitrogens is 1. The molecule has 2 aromatic rings. The van der Waals surface area contributed by atoms with Crippen molar-refractivity contribution in [2.75, 3.05) is 18.4 Å². The van der Waals surface area contributed by atoms with Crippen LogP contribution in [0.25, 0.3) is 10.9 Å². The summed E-state index contributed by atoms with van der Waals surface area (Å²) < 4.78 is 4.42. The van der Waals surface area contributed by atoms with E-state index >= 15 is 0 Å². The van der Waals surface area contributed by atoms with Crippen LogP contribution in [0.2, 0.25) is 0 Å². The van der Waals surface area contributed by atoms with E-state index in [0.717, 1.165) is 25.0 Å². The minimum absolute atomic E-state index is 0.654. The summed E-state index contributed by atoms with van der Waals surface area (Å²) in [6, 6.07) is 8.24. The van der Waals surface area contributed by atoms with Crippen LogP contribution in [0.4, 0.5) is 5.00 Å². The highest BCUT2D eigenvalue weighted by atomic mass is 32.1. The lowest BCUT2D eigenvalue weighted by molar-refractivity contribution is 0.502. The zero-order valence-corrected chi connectivity index (χ0v) is 11.0. The summed E-state index contributed by atoms with van der Waals surface area (Å²) in [5, 5.41) is 5.90. The van der Waals surface area contributed by atoms with Crippen LogP contribution in [0.15, 0.2) is 24.3 Å². The number of rotatable bonds is 6. The van der Waals surface area contributed by atoms with Gasteiger partial charge in [-0.3, -0.25) is 0 Å². The molecule has 17 heavy (non-hydrogen) atoms. The summed E-state index contributed by atoms with van der Waals surface area (Å²) in [4.78, 5) is 0.